The number of nitrogens with zero attached hydrogens (tertiary/aromatic N) is 2. The molecule has 0 saturated carbocycles. The SMILES string of the molecule is CNCC1CCCN(CC(=O)N(C)C(C)c2ccccc2)C1. The smallest absolute Gasteiger partial charge is 0.236 e. The van der Waals surface area contributed by atoms with Crippen LogP contribution in [0, 0.1) is 5.92 Å². The van der Waals surface area contributed by atoms with Gasteiger partial charge in [0.15, 0.2) is 0 Å². The lowest BCUT2D eigenvalue weighted by Crippen LogP contribution is -2.45. The molecule has 1 aromatic rings. The van der Waals surface area contributed by atoms with Gasteiger partial charge in [0.1, 0.15) is 0 Å². The lowest BCUT2D eigenvalue weighted by atomic mass is 9.98. The minimum absolute atomic E-state index is 0.117. The van der Waals surface area contributed by atoms with Crippen LogP contribution in [0.5, 0.6) is 0 Å². The average molecular weight is 303 g/mol. The lowest BCUT2D eigenvalue weighted by molar-refractivity contribution is -0.133. The number of hydrogen-bond acceptors (Lipinski definition) is 3. The molecule has 122 valence electrons. The molecule has 4 heteroatoms. The first kappa shape index (κ1) is 17.0. The summed E-state index contributed by atoms with van der Waals surface area (Å²) in [4.78, 5) is 16.7. The van der Waals surface area contributed by atoms with E-state index in [1.165, 1.54) is 18.4 Å². The maximum atomic E-state index is 12.6. The van der Waals surface area contributed by atoms with E-state index in [0.717, 1.165) is 19.6 Å². The van der Waals surface area contributed by atoms with Crippen LogP contribution in [0.4, 0.5) is 0 Å². The second kappa shape index (κ2) is 8.30. The molecule has 0 aliphatic carbocycles. The minimum atomic E-state index is 0.117. The quantitative estimate of drug-likeness (QED) is 0.874. The molecule has 1 N–H and O–H groups in total. The summed E-state index contributed by atoms with van der Waals surface area (Å²) in [5.41, 5.74) is 1.19. The number of piperidine rings is 1. The number of carbonyl (C=O) groups is 1. The van der Waals surface area contributed by atoms with Gasteiger partial charge in [-0.05, 0) is 51.4 Å². The van der Waals surface area contributed by atoms with Crippen LogP contribution in [-0.4, -0.2) is 56.0 Å². The molecule has 1 aliphatic rings. The minimum Gasteiger partial charge on any atom is -0.338 e. The predicted octanol–water partition coefficient (Wildman–Crippen LogP) is 2.14. The van der Waals surface area contributed by atoms with Crippen molar-refractivity contribution in [1.29, 1.82) is 0 Å². The van der Waals surface area contributed by atoms with Crippen LogP contribution in [0.3, 0.4) is 0 Å². The maximum absolute atomic E-state index is 12.6. The van der Waals surface area contributed by atoms with Gasteiger partial charge in [0, 0.05) is 13.6 Å². The Bertz CT molecular complexity index is 461. The number of amides is 1. The molecule has 2 unspecified atom stereocenters. The Labute approximate surface area is 134 Å². The van der Waals surface area contributed by atoms with Crippen molar-refractivity contribution >= 4 is 5.91 Å². The van der Waals surface area contributed by atoms with Crippen molar-refractivity contribution in [2.45, 2.75) is 25.8 Å². The second-order valence-electron chi connectivity index (χ2n) is 6.39. The van der Waals surface area contributed by atoms with E-state index in [4.69, 9.17) is 0 Å². The number of benzene rings is 1. The number of carbonyl (C=O) groups excluding carboxylic acids is 1. The number of likely N-dealkylation sites (N-methyl/N-ethyl adjacent to an activating group) is 1. The Morgan fingerprint density at radius 2 is 2.14 bits per heavy atom. The summed E-state index contributed by atoms with van der Waals surface area (Å²) < 4.78 is 0. The van der Waals surface area contributed by atoms with Crippen LogP contribution in [0.1, 0.15) is 31.4 Å². The molecule has 0 spiro atoms. The Kier molecular flexibility index (Phi) is 6.40. The zero-order chi connectivity index (χ0) is 15.9. The predicted molar refractivity (Wildman–Crippen MR) is 90.7 cm³/mol. The summed E-state index contributed by atoms with van der Waals surface area (Å²) in [6, 6.07) is 10.3. The molecule has 1 aromatic carbocycles. The van der Waals surface area contributed by atoms with Gasteiger partial charge in [-0.25, -0.2) is 0 Å². The number of rotatable bonds is 6. The van der Waals surface area contributed by atoms with E-state index in [0.29, 0.717) is 12.5 Å². The Balaban J connectivity index is 1.88. The van der Waals surface area contributed by atoms with Gasteiger partial charge in [0.2, 0.25) is 5.91 Å². The van der Waals surface area contributed by atoms with Gasteiger partial charge in [0.25, 0.3) is 0 Å². The first-order chi connectivity index (χ1) is 10.6. The van der Waals surface area contributed by atoms with Crippen LogP contribution < -0.4 is 5.32 Å². The van der Waals surface area contributed by atoms with Crippen molar-refractivity contribution in [2.24, 2.45) is 5.92 Å². The molecule has 1 heterocycles. The van der Waals surface area contributed by atoms with Crippen molar-refractivity contribution in [3.05, 3.63) is 35.9 Å². The molecular formula is C18H29N3O. The molecule has 2 rings (SSSR count). The van der Waals surface area contributed by atoms with E-state index >= 15 is 0 Å². The zero-order valence-electron chi connectivity index (χ0n) is 14.1. The van der Waals surface area contributed by atoms with E-state index in [2.05, 4.69) is 29.3 Å². The molecule has 22 heavy (non-hydrogen) atoms. The van der Waals surface area contributed by atoms with Crippen molar-refractivity contribution in [3.8, 4) is 0 Å². The highest BCUT2D eigenvalue weighted by Crippen LogP contribution is 2.20. The van der Waals surface area contributed by atoms with Gasteiger partial charge < -0.3 is 10.2 Å². The van der Waals surface area contributed by atoms with Crippen LogP contribution in [-0.2, 0) is 4.79 Å². The van der Waals surface area contributed by atoms with Gasteiger partial charge >= 0.3 is 0 Å². The molecular weight excluding hydrogens is 274 g/mol. The van der Waals surface area contributed by atoms with Crippen molar-refractivity contribution in [3.63, 3.8) is 0 Å². The fraction of sp³-hybridized carbons (Fsp3) is 0.611. The number of hydrogen-bond donors (Lipinski definition) is 1. The van der Waals surface area contributed by atoms with Gasteiger partial charge in [-0.1, -0.05) is 30.3 Å². The van der Waals surface area contributed by atoms with Crippen molar-refractivity contribution < 1.29 is 4.79 Å². The third-order valence-electron chi connectivity index (χ3n) is 4.71. The van der Waals surface area contributed by atoms with Gasteiger partial charge in [-0.15, -0.1) is 0 Å². The Morgan fingerprint density at radius 1 is 1.41 bits per heavy atom. The highest BCUT2D eigenvalue weighted by Gasteiger charge is 2.24. The number of nitrogens with one attached hydrogen (secondary N) is 1. The molecule has 4 nitrogen and oxygen atoms in total. The normalized spacial score (nSPS) is 20.6. The third kappa shape index (κ3) is 4.55. The summed E-state index contributed by atoms with van der Waals surface area (Å²) >= 11 is 0. The van der Waals surface area contributed by atoms with Gasteiger partial charge in [-0.3, -0.25) is 9.69 Å². The summed E-state index contributed by atoms with van der Waals surface area (Å²) in [6.45, 7) is 5.74. The van der Waals surface area contributed by atoms with Crippen molar-refractivity contribution in [1.82, 2.24) is 15.1 Å². The zero-order valence-corrected chi connectivity index (χ0v) is 14.1. The first-order valence-electron chi connectivity index (χ1n) is 8.29. The molecule has 0 radical (unpaired) electrons. The fourth-order valence-corrected chi connectivity index (χ4v) is 3.22. The van der Waals surface area contributed by atoms with E-state index < -0.39 is 0 Å². The first-order valence-corrected chi connectivity index (χ1v) is 8.29. The summed E-state index contributed by atoms with van der Waals surface area (Å²) in [5, 5.41) is 3.25. The molecule has 1 fully saturated rings. The molecule has 1 amide bonds. The van der Waals surface area contributed by atoms with E-state index in [-0.39, 0.29) is 11.9 Å². The Hall–Kier alpha value is -1.39. The third-order valence-corrected chi connectivity index (χ3v) is 4.71. The topological polar surface area (TPSA) is 35.6 Å². The summed E-state index contributed by atoms with van der Waals surface area (Å²) in [7, 11) is 3.91. The summed E-state index contributed by atoms with van der Waals surface area (Å²) in [5.74, 6) is 0.880. The van der Waals surface area contributed by atoms with Crippen LogP contribution in [0.15, 0.2) is 30.3 Å². The largest absolute Gasteiger partial charge is 0.338 e. The fourth-order valence-electron chi connectivity index (χ4n) is 3.22. The highest BCUT2D eigenvalue weighted by molar-refractivity contribution is 5.78. The average Bonchev–Trinajstić information content (AvgIpc) is 2.55. The molecule has 2 atom stereocenters. The van der Waals surface area contributed by atoms with Crippen LogP contribution in [0.2, 0.25) is 0 Å². The molecule has 0 aromatic heterocycles. The standard InChI is InChI=1S/C18H29N3O/c1-15(17-9-5-4-6-10-17)20(3)18(22)14-21-11-7-8-16(13-21)12-19-2/h4-6,9-10,15-16,19H,7-8,11-14H2,1-3H3. The molecule has 1 saturated heterocycles. The molecule has 0 bridgehead atoms. The maximum Gasteiger partial charge on any atom is 0.236 e. The Morgan fingerprint density at radius 3 is 2.82 bits per heavy atom. The highest BCUT2D eigenvalue weighted by atomic mass is 16.2. The second-order valence-corrected chi connectivity index (χ2v) is 6.39. The van der Waals surface area contributed by atoms with Gasteiger partial charge in [-0.2, -0.15) is 0 Å². The van der Waals surface area contributed by atoms with Gasteiger partial charge in [0.05, 0.1) is 12.6 Å². The van der Waals surface area contributed by atoms with Crippen LogP contribution in [0.25, 0.3) is 0 Å². The van der Waals surface area contributed by atoms with E-state index in [1.807, 2.05) is 37.2 Å². The van der Waals surface area contributed by atoms with Crippen molar-refractivity contribution in [2.75, 3.05) is 40.3 Å². The molecule has 1 aliphatic heterocycles. The van der Waals surface area contributed by atoms with E-state index in [9.17, 15) is 4.79 Å². The monoisotopic (exact) mass is 303 g/mol. The lowest BCUT2D eigenvalue weighted by Gasteiger charge is -2.34. The summed E-state index contributed by atoms with van der Waals surface area (Å²) in [6.07, 6.45) is 2.46. The van der Waals surface area contributed by atoms with E-state index in [1.54, 1.807) is 0 Å². The number of likely N-dealkylation sites (tertiary alicyclic amines) is 1. The van der Waals surface area contributed by atoms with Crippen LogP contribution >= 0.6 is 0 Å².